The van der Waals surface area contributed by atoms with Crippen molar-refractivity contribution in [2.24, 2.45) is 0 Å². The molecule has 1 aromatic rings. The molecule has 0 radical (unpaired) electrons. The van der Waals surface area contributed by atoms with Gasteiger partial charge in [0.05, 0.1) is 6.61 Å². The highest BCUT2D eigenvalue weighted by Crippen LogP contribution is 2.30. The molecule has 0 unspecified atom stereocenters. The third-order valence-corrected chi connectivity index (χ3v) is 3.45. The predicted molar refractivity (Wildman–Crippen MR) is 71.1 cm³/mol. The minimum absolute atomic E-state index is 0.559. The van der Waals surface area contributed by atoms with E-state index in [9.17, 15) is 24.3 Å². The molecule has 4 N–H and O–H groups in total. The van der Waals surface area contributed by atoms with E-state index in [-0.39, 0.29) is 0 Å². The van der Waals surface area contributed by atoms with Gasteiger partial charge in [0.25, 0.3) is 11.3 Å². The van der Waals surface area contributed by atoms with E-state index in [2.05, 4.69) is 0 Å². The minimum atomic E-state index is -1.87. The summed E-state index contributed by atoms with van der Waals surface area (Å²) in [5.41, 5.74) is -2.93. The monoisotopic (exact) mass is 330 g/mol. The second-order valence-corrected chi connectivity index (χ2v) is 4.78. The van der Waals surface area contributed by atoms with Crippen LogP contribution in [0.15, 0.2) is 15.8 Å². The van der Waals surface area contributed by atoms with Crippen LogP contribution in [0.3, 0.4) is 0 Å². The molecule has 1 saturated heterocycles. The summed E-state index contributed by atoms with van der Waals surface area (Å²) >= 11 is 0. The lowest BCUT2D eigenvalue weighted by Crippen LogP contribution is -2.41. The molecule has 0 spiro atoms. The van der Waals surface area contributed by atoms with Crippen LogP contribution in [-0.2, 0) is 14.3 Å². The average molecular weight is 330 g/mol. The van der Waals surface area contributed by atoms with Crippen molar-refractivity contribution in [1.29, 1.82) is 0 Å². The van der Waals surface area contributed by atoms with Crippen molar-refractivity contribution < 1.29 is 34.4 Å². The summed E-state index contributed by atoms with van der Waals surface area (Å²) in [4.78, 5) is 47.5. The summed E-state index contributed by atoms with van der Waals surface area (Å²) < 4.78 is 11.0. The maximum Gasteiger partial charge on any atom is 0.377 e. The van der Waals surface area contributed by atoms with Crippen LogP contribution in [0.25, 0.3) is 0 Å². The Bertz CT molecular complexity index is 737. The Morgan fingerprint density at radius 2 is 2.09 bits per heavy atom. The van der Waals surface area contributed by atoms with Crippen molar-refractivity contribution in [2.45, 2.75) is 24.5 Å². The Hall–Kier alpha value is -2.34. The number of ketones is 1. The van der Waals surface area contributed by atoms with Gasteiger partial charge in [-0.05, 0) is 0 Å². The molecule has 23 heavy (non-hydrogen) atoms. The molecule has 0 amide bonds. The average Bonchev–Trinajstić information content (AvgIpc) is 2.82. The molecule has 1 aliphatic heterocycles. The van der Waals surface area contributed by atoms with Crippen molar-refractivity contribution in [3.8, 4) is 0 Å². The third-order valence-electron chi connectivity index (χ3n) is 3.45. The van der Waals surface area contributed by atoms with E-state index in [1.165, 1.54) is 7.11 Å². The Morgan fingerprint density at radius 3 is 2.61 bits per heavy atom. The molecule has 1 fully saturated rings. The Morgan fingerprint density at radius 1 is 1.43 bits per heavy atom. The largest absolute Gasteiger partial charge is 0.475 e. The normalized spacial score (nSPS) is 27.1. The molecule has 4 atom stereocenters. The molecular weight excluding hydrogens is 316 g/mol. The van der Waals surface area contributed by atoms with Crippen molar-refractivity contribution in [3.63, 3.8) is 0 Å². The summed E-state index contributed by atoms with van der Waals surface area (Å²) in [6, 6.07) is 0. The van der Waals surface area contributed by atoms with E-state index < -0.39 is 59.7 Å². The number of aromatic nitrogens is 2. The van der Waals surface area contributed by atoms with E-state index in [1.807, 2.05) is 0 Å². The second-order valence-electron chi connectivity index (χ2n) is 4.78. The van der Waals surface area contributed by atoms with Gasteiger partial charge in [0, 0.05) is 13.3 Å². The number of aliphatic hydroxyl groups excluding tert-OH is 2. The first-order chi connectivity index (χ1) is 10.8. The number of nitrogens with one attached hydrogen (secondary N) is 1. The van der Waals surface area contributed by atoms with Crippen LogP contribution in [0.5, 0.6) is 0 Å². The SMILES string of the molecule is CO[C@@H]1[C@@H](O)[C@@H](CO)O[C@H]1n1cc(C(=O)C(=O)O)c(=O)[nH]c1=O. The van der Waals surface area contributed by atoms with Crippen LogP contribution in [0.4, 0.5) is 0 Å². The summed E-state index contributed by atoms with van der Waals surface area (Å²) in [6.45, 7) is -0.559. The number of rotatable bonds is 5. The highest BCUT2D eigenvalue weighted by Gasteiger charge is 2.45. The molecule has 0 aromatic carbocycles. The van der Waals surface area contributed by atoms with Crippen LogP contribution < -0.4 is 11.2 Å². The standard InChI is InChI=1S/C12H14N2O9/c1-22-8-7(17)5(3-15)23-10(8)14-2-4(6(16)11(19)20)9(18)13-12(14)21/h2,5,7-8,10,15,17H,3H2,1H3,(H,19,20)(H,13,18,21)/t5-,7+,8-,10-/m1/s1. The Balaban J connectivity index is 2.53. The van der Waals surface area contributed by atoms with E-state index in [4.69, 9.17) is 19.7 Å². The van der Waals surface area contributed by atoms with Crippen molar-refractivity contribution in [1.82, 2.24) is 9.55 Å². The number of hydrogen-bond acceptors (Lipinski definition) is 8. The van der Waals surface area contributed by atoms with E-state index >= 15 is 0 Å². The van der Waals surface area contributed by atoms with E-state index in [0.717, 1.165) is 10.8 Å². The molecule has 11 heteroatoms. The van der Waals surface area contributed by atoms with Gasteiger partial charge in [-0.1, -0.05) is 0 Å². The van der Waals surface area contributed by atoms with Gasteiger partial charge < -0.3 is 24.8 Å². The van der Waals surface area contributed by atoms with Crippen LogP contribution in [0.1, 0.15) is 16.6 Å². The van der Waals surface area contributed by atoms with Crippen LogP contribution in [-0.4, -0.2) is 68.7 Å². The van der Waals surface area contributed by atoms with Gasteiger partial charge in [-0.25, -0.2) is 9.59 Å². The zero-order valence-electron chi connectivity index (χ0n) is 11.8. The van der Waals surface area contributed by atoms with Crippen LogP contribution in [0.2, 0.25) is 0 Å². The van der Waals surface area contributed by atoms with Gasteiger partial charge in [0.15, 0.2) is 6.23 Å². The molecule has 0 aliphatic carbocycles. The second kappa shape index (κ2) is 6.42. The number of hydrogen-bond donors (Lipinski definition) is 4. The van der Waals surface area contributed by atoms with E-state index in [0.29, 0.717) is 0 Å². The molecule has 2 heterocycles. The number of carbonyl (C=O) groups is 2. The molecular formula is C12H14N2O9. The van der Waals surface area contributed by atoms with E-state index in [1.54, 1.807) is 4.98 Å². The number of methoxy groups -OCH3 is 1. The highest BCUT2D eigenvalue weighted by molar-refractivity contribution is 6.39. The van der Waals surface area contributed by atoms with Crippen molar-refractivity contribution in [2.75, 3.05) is 13.7 Å². The molecule has 0 bridgehead atoms. The summed E-state index contributed by atoms with van der Waals surface area (Å²) in [5, 5.41) is 27.7. The number of carboxylic acids is 1. The fourth-order valence-corrected chi connectivity index (χ4v) is 2.30. The molecule has 1 aromatic heterocycles. The first-order valence-electron chi connectivity index (χ1n) is 6.42. The van der Waals surface area contributed by atoms with Gasteiger partial charge in [-0.2, -0.15) is 0 Å². The fourth-order valence-electron chi connectivity index (χ4n) is 2.30. The van der Waals surface area contributed by atoms with Gasteiger partial charge in [-0.3, -0.25) is 19.1 Å². The molecule has 11 nitrogen and oxygen atoms in total. The predicted octanol–water partition coefficient (Wildman–Crippen LogP) is -2.93. The summed E-state index contributed by atoms with van der Waals surface area (Å²) in [5.74, 6) is -3.38. The lowest BCUT2D eigenvalue weighted by Gasteiger charge is -2.20. The summed E-state index contributed by atoms with van der Waals surface area (Å²) in [7, 11) is 1.23. The summed E-state index contributed by atoms with van der Waals surface area (Å²) in [6.07, 6.45) is -3.95. The number of carbonyl (C=O) groups excluding carboxylic acids is 1. The Kier molecular flexibility index (Phi) is 4.75. The molecule has 1 aliphatic rings. The highest BCUT2D eigenvalue weighted by atomic mass is 16.6. The number of ether oxygens (including phenoxy) is 2. The zero-order chi connectivity index (χ0) is 17.3. The number of nitrogens with zero attached hydrogens (tertiary/aromatic N) is 1. The van der Waals surface area contributed by atoms with Crippen LogP contribution in [0, 0.1) is 0 Å². The minimum Gasteiger partial charge on any atom is -0.475 e. The Labute approximate surface area is 127 Å². The van der Waals surface area contributed by atoms with Gasteiger partial charge in [0.2, 0.25) is 0 Å². The number of carboxylic acid groups (broad SMARTS) is 1. The number of aliphatic hydroxyl groups is 2. The third kappa shape index (κ3) is 2.94. The smallest absolute Gasteiger partial charge is 0.377 e. The van der Waals surface area contributed by atoms with Crippen molar-refractivity contribution in [3.05, 3.63) is 32.6 Å². The van der Waals surface area contributed by atoms with Gasteiger partial charge >= 0.3 is 11.7 Å². The first kappa shape index (κ1) is 17.0. The number of H-pyrrole nitrogens is 1. The van der Waals surface area contributed by atoms with Crippen LogP contribution >= 0.6 is 0 Å². The molecule has 2 rings (SSSR count). The maximum absolute atomic E-state index is 11.9. The zero-order valence-corrected chi connectivity index (χ0v) is 11.8. The maximum atomic E-state index is 11.9. The number of Topliss-reactive ketones (excluding diaryl/α,β-unsaturated/α-hetero) is 1. The molecule has 126 valence electrons. The quantitative estimate of drug-likeness (QED) is 0.326. The van der Waals surface area contributed by atoms with Gasteiger partial charge in [0.1, 0.15) is 23.9 Å². The topological polar surface area (TPSA) is 168 Å². The lowest BCUT2D eigenvalue weighted by atomic mass is 10.1. The van der Waals surface area contributed by atoms with Crippen molar-refractivity contribution >= 4 is 11.8 Å². The number of aromatic amines is 1. The molecule has 0 saturated carbocycles. The van der Waals surface area contributed by atoms with Gasteiger partial charge in [-0.15, -0.1) is 0 Å². The number of aliphatic carboxylic acids is 1. The fraction of sp³-hybridized carbons (Fsp3) is 0.500. The lowest BCUT2D eigenvalue weighted by molar-refractivity contribution is -0.131. The first-order valence-corrected chi connectivity index (χ1v) is 6.42.